The fourth-order valence-electron chi connectivity index (χ4n) is 2.20. The van der Waals surface area contributed by atoms with Crippen LogP contribution in [-0.2, 0) is 11.3 Å². The summed E-state index contributed by atoms with van der Waals surface area (Å²) >= 11 is 1.57. The number of amides is 1. The number of thiophene rings is 1. The number of carbonyl (C=O) groups excluding carboxylic acids is 1. The molecule has 3 aromatic heterocycles. The summed E-state index contributed by atoms with van der Waals surface area (Å²) in [7, 11) is 0. The molecule has 0 unspecified atom stereocenters. The van der Waals surface area contributed by atoms with Crippen LogP contribution in [0, 0.1) is 0 Å². The second kappa shape index (κ2) is 7.65. The number of pyridine rings is 1. The number of hydrogen-bond donors (Lipinski definition) is 1. The third-order valence-corrected chi connectivity index (χ3v) is 4.24. The van der Waals surface area contributed by atoms with Crippen molar-refractivity contribution in [1.82, 2.24) is 14.8 Å². The third-order valence-electron chi connectivity index (χ3n) is 3.35. The molecule has 0 aliphatic rings. The number of aromatic nitrogens is 3. The molecule has 0 saturated heterocycles. The Morgan fingerprint density at radius 3 is 2.83 bits per heavy atom. The zero-order valence-corrected chi connectivity index (χ0v) is 13.7. The fraction of sp³-hybridized carbons (Fsp3) is 0.176. The second-order valence-electron chi connectivity index (χ2n) is 5.12. The van der Waals surface area contributed by atoms with Gasteiger partial charge in [0, 0.05) is 25.2 Å². The van der Waals surface area contributed by atoms with Crippen LogP contribution in [0.3, 0.4) is 0 Å². The van der Waals surface area contributed by atoms with Crippen molar-refractivity contribution in [2.45, 2.75) is 19.4 Å². The van der Waals surface area contributed by atoms with Crippen LogP contribution in [0.4, 0.5) is 5.82 Å². The maximum atomic E-state index is 11.9. The van der Waals surface area contributed by atoms with E-state index in [9.17, 15) is 9.59 Å². The minimum Gasteiger partial charge on any atom is -0.311 e. The van der Waals surface area contributed by atoms with Crippen molar-refractivity contribution in [3.8, 4) is 10.6 Å². The maximum Gasteiger partial charge on any atom is 0.266 e. The molecule has 0 spiro atoms. The van der Waals surface area contributed by atoms with Gasteiger partial charge in [0.25, 0.3) is 5.56 Å². The van der Waals surface area contributed by atoms with Gasteiger partial charge in [0.15, 0.2) is 0 Å². The van der Waals surface area contributed by atoms with Gasteiger partial charge in [-0.05, 0) is 36.1 Å². The first-order valence-electron chi connectivity index (χ1n) is 7.55. The van der Waals surface area contributed by atoms with Crippen molar-refractivity contribution in [3.05, 3.63) is 64.4 Å². The van der Waals surface area contributed by atoms with Gasteiger partial charge >= 0.3 is 0 Å². The summed E-state index contributed by atoms with van der Waals surface area (Å²) in [5, 5.41) is 9.05. The smallest absolute Gasteiger partial charge is 0.266 e. The molecular weight excluding hydrogens is 324 g/mol. The first-order chi connectivity index (χ1) is 11.7. The predicted molar refractivity (Wildman–Crippen MR) is 93.9 cm³/mol. The van der Waals surface area contributed by atoms with E-state index in [0.29, 0.717) is 25.2 Å². The van der Waals surface area contributed by atoms with E-state index >= 15 is 0 Å². The Morgan fingerprint density at radius 1 is 1.17 bits per heavy atom. The number of hydrogen-bond acceptors (Lipinski definition) is 5. The SMILES string of the molecule is O=C(CCCn1nc(-c2cccs2)ccc1=O)Nc1ccccn1. The molecule has 3 heterocycles. The lowest BCUT2D eigenvalue weighted by molar-refractivity contribution is -0.116. The largest absolute Gasteiger partial charge is 0.311 e. The highest BCUT2D eigenvalue weighted by molar-refractivity contribution is 7.13. The van der Waals surface area contributed by atoms with Gasteiger partial charge in [-0.25, -0.2) is 9.67 Å². The van der Waals surface area contributed by atoms with E-state index in [1.807, 2.05) is 23.6 Å². The molecule has 0 radical (unpaired) electrons. The van der Waals surface area contributed by atoms with Crippen molar-refractivity contribution in [1.29, 1.82) is 0 Å². The van der Waals surface area contributed by atoms with Gasteiger partial charge in [0.2, 0.25) is 5.91 Å². The Balaban J connectivity index is 1.57. The van der Waals surface area contributed by atoms with E-state index < -0.39 is 0 Å². The molecule has 1 amide bonds. The molecule has 6 nitrogen and oxygen atoms in total. The van der Waals surface area contributed by atoms with E-state index in [1.165, 1.54) is 10.7 Å². The van der Waals surface area contributed by atoms with Crippen LogP contribution in [0.1, 0.15) is 12.8 Å². The van der Waals surface area contributed by atoms with Crippen molar-refractivity contribution < 1.29 is 4.79 Å². The Hall–Kier alpha value is -2.80. The first-order valence-corrected chi connectivity index (χ1v) is 8.43. The summed E-state index contributed by atoms with van der Waals surface area (Å²) in [6.45, 7) is 0.397. The lowest BCUT2D eigenvalue weighted by atomic mass is 10.3. The van der Waals surface area contributed by atoms with E-state index in [0.717, 1.165) is 10.6 Å². The lowest BCUT2D eigenvalue weighted by Crippen LogP contribution is -2.23. The van der Waals surface area contributed by atoms with Crippen LogP contribution in [0.5, 0.6) is 0 Å². The normalized spacial score (nSPS) is 10.5. The molecule has 0 atom stereocenters. The average molecular weight is 340 g/mol. The number of nitrogens with zero attached hydrogens (tertiary/aromatic N) is 3. The highest BCUT2D eigenvalue weighted by Crippen LogP contribution is 2.21. The summed E-state index contributed by atoms with van der Waals surface area (Å²) in [5.41, 5.74) is 0.600. The lowest BCUT2D eigenvalue weighted by Gasteiger charge is -2.07. The van der Waals surface area contributed by atoms with Gasteiger partial charge in [-0.3, -0.25) is 9.59 Å². The second-order valence-corrected chi connectivity index (χ2v) is 6.07. The Morgan fingerprint density at radius 2 is 2.08 bits per heavy atom. The van der Waals surface area contributed by atoms with Crippen LogP contribution in [-0.4, -0.2) is 20.7 Å². The van der Waals surface area contributed by atoms with Gasteiger partial charge in [-0.2, -0.15) is 5.10 Å². The van der Waals surface area contributed by atoms with Crippen LogP contribution in [0.25, 0.3) is 10.6 Å². The van der Waals surface area contributed by atoms with E-state index in [1.54, 1.807) is 35.7 Å². The predicted octanol–water partition coefficient (Wildman–Crippen LogP) is 2.79. The molecule has 0 aliphatic carbocycles. The quantitative estimate of drug-likeness (QED) is 0.748. The molecular formula is C17H16N4O2S. The molecule has 7 heteroatoms. The number of anilines is 1. The van der Waals surface area contributed by atoms with E-state index in [4.69, 9.17) is 0 Å². The van der Waals surface area contributed by atoms with Crippen LogP contribution >= 0.6 is 11.3 Å². The van der Waals surface area contributed by atoms with Crippen molar-refractivity contribution in [2.24, 2.45) is 0 Å². The van der Waals surface area contributed by atoms with Gasteiger partial charge in [0.05, 0.1) is 4.88 Å². The molecule has 3 aromatic rings. The zero-order chi connectivity index (χ0) is 16.8. The molecule has 1 N–H and O–H groups in total. The summed E-state index contributed by atoms with van der Waals surface area (Å²) < 4.78 is 1.41. The standard InChI is InChI=1S/C17H16N4O2S/c22-16(19-15-6-1-2-10-18-15)7-3-11-21-17(23)9-8-13(20-21)14-5-4-12-24-14/h1-2,4-6,8-10,12H,3,7,11H2,(H,18,19,22). The Bertz CT molecular complexity index is 860. The van der Waals surface area contributed by atoms with Gasteiger partial charge in [0.1, 0.15) is 11.5 Å². The topological polar surface area (TPSA) is 76.9 Å². The summed E-state index contributed by atoms with van der Waals surface area (Å²) in [6.07, 6.45) is 2.45. The zero-order valence-electron chi connectivity index (χ0n) is 12.9. The summed E-state index contributed by atoms with van der Waals surface area (Å²) in [4.78, 5) is 28.8. The molecule has 0 saturated carbocycles. The first kappa shape index (κ1) is 16.1. The highest BCUT2D eigenvalue weighted by atomic mass is 32.1. The van der Waals surface area contributed by atoms with Crippen LogP contribution < -0.4 is 10.9 Å². The number of aryl methyl sites for hydroxylation is 1. The molecule has 0 aliphatic heterocycles. The van der Waals surface area contributed by atoms with Crippen LogP contribution in [0.2, 0.25) is 0 Å². The van der Waals surface area contributed by atoms with Crippen molar-refractivity contribution in [3.63, 3.8) is 0 Å². The fourth-order valence-corrected chi connectivity index (χ4v) is 2.89. The van der Waals surface area contributed by atoms with E-state index in [-0.39, 0.29) is 11.5 Å². The molecule has 3 rings (SSSR count). The monoisotopic (exact) mass is 340 g/mol. The van der Waals surface area contributed by atoms with Gasteiger partial charge in [-0.1, -0.05) is 12.1 Å². The maximum absolute atomic E-state index is 11.9. The minimum atomic E-state index is -0.166. The molecule has 0 aromatic carbocycles. The Labute approximate surface area is 142 Å². The van der Waals surface area contributed by atoms with Crippen LogP contribution in [0.15, 0.2) is 58.8 Å². The van der Waals surface area contributed by atoms with Crippen molar-refractivity contribution in [2.75, 3.05) is 5.32 Å². The number of rotatable bonds is 6. The van der Waals surface area contributed by atoms with Crippen molar-refractivity contribution >= 4 is 23.1 Å². The summed E-state index contributed by atoms with van der Waals surface area (Å²) in [6, 6.07) is 12.5. The molecule has 0 fully saturated rings. The van der Waals surface area contributed by atoms with Gasteiger partial charge in [-0.15, -0.1) is 11.3 Å². The number of nitrogens with one attached hydrogen (secondary N) is 1. The third kappa shape index (κ3) is 4.14. The molecule has 0 bridgehead atoms. The molecule has 122 valence electrons. The average Bonchev–Trinajstić information content (AvgIpc) is 3.12. The van der Waals surface area contributed by atoms with E-state index in [2.05, 4.69) is 15.4 Å². The summed E-state index contributed by atoms with van der Waals surface area (Å²) in [5.74, 6) is 0.397. The van der Waals surface area contributed by atoms with Gasteiger partial charge < -0.3 is 5.32 Å². The molecule has 24 heavy (non-hydrogen) atoms. The Kier molecular flexibility index (Phi) is 5.12. The minimum absolute atomic E-state index is 0.129. The number of carbonyl (C=O) groups is 1. The highest BCUT2D eigenvalue weighted by Gasteiger charge is 2.06.